The number of nitrogens with one attached hydrogen (secondary N) is 4. The molecule has 0 unspecified atom stereocenters. The van der Waals surface area contributed by atoms with Gasteiger partial charge in [-0.15, -0.1) is 22.7 Å². The standard InChI is InChI=1S/C41H42N6O8S.C39H39N7O8S/c1-4-54-41(53)39-44-28(22-46(39)3)18-34(50)37-16-25-13-24(9-10-36(25)56-37)14-33(49)32-17-27(21-45(32)2)43-38(51)8-6-12-55-35-19-31-30(15-26(35)23-48)40(52)47-11-5-7-29(47)20-42-31;1-44-20-24(41-35(47)8-6-12-54-32-18-28-27(17-31(32)52-3)38(50)46-11-5-7-26(46)19-40-28)15-29(44)36(48)42-23-9-10-33-22(13-23)14-34(55-33)37(49)43-25-16-30(39(51)53-4)45(2)21-25/h9-10,13,15-17,19-22,29,48H,4-8,11-12,14,18,23H2,1-3H3,(H,43,51);9-10,13-21,26H,5-8,11-12H2,1-4H3,(H,41,47)(H,42,48)(H,43,49)/t29-;26-/m00/s1. The van der Waals surface area contributed by atoms with E-state index < -0.39 is 11.9 Å². The highest BCUT2D eigenvalue weighted by atomic mass is 32.1. The van der Waals surface area contributed by atoms with Crippen LogP contribution >= 0.6 is 22.7 Å². The van der Waals surface area contributed by atoms with E-state index >= 15 is 0 Å². The van der Waals surface area contributed by atoms with Gasteiger partial charge in [-0.2, -0.15) is 0 Å². The van der Waals surface area contributed by atoms with Crippen LogP contribution in [0, 0.1) is 0 Å². The number of fused-ring (bicyclic) bond motifs is 6. The molecule has 2 atom stereocenters. The van der Waals surface area contributed by atoms with Crippen LogP contribution < -0.4 is 35.5 Å². The summed E-state index contributed by atoms with van der Waals surface area (Å²) in [6, 6.07) is 26.0. The normalized spacial score (nSPS) is 14.7. The van der Waals surface area contributed by atoms with E-state index in [1.165, 1.54) is 36.9 Å². The van der Waals surface area contributed by atoms with Gasteiger partial charge in [0.05, 0.1) is 120 Å². The lowest BCUT2D eigenvalue weighted by molar-refractivity contribution is -0.117. The Morgan fingerprint density at radius 3 is 1.75 bits per heavy atom. The molecule has 0 aliphatic carbocycles. The molecule has 2 fully saturated rings. The lowest BCUT2D eigenvalue weighted by atomic mass is 10.0. The Labute approximate surface area is 644 Å². The second-order valence-corrected chi connectivity index (χ2v) is 29.3. The first kappa shape index (κ1) is 76.8. The molecule has 0 radical (unpaired) electrons. The van der Waals surface area contributed by atoms with Crippen LogP contribution in [-0.2, 0) is 66.7 Å². The van der Waals surface area contributed by atoms with Gasteiger partial charge in [0.15, 0.2) is 23.1 Å². The summed E-state index contributed by atoms with van der Waals surface area (Å²) < 4.78 is 35.4. The van der Waals surface area contributed by atoms with E-state index in [9.17, 15) is 53.1 Å². The number of amides is 6. The number of esters is 2. The fraction of sp³-hybridized carbons (Fsp3) is 0.312. The topological polar surface area (TPSA) is 349 Å². The smallest absolute Gasteiger partial charge is 0.374 e. The van der Waals surface area contributed by atoms with Gasteiger partial charge < -0.3 is 78.1 Å². The largest absolute Gasteiger partial charge is 0.493 e. The van der Waals surface area contributed by atoms with Gasteiger partial charge in [0, 0.05) is 131 Å². The fourth-order valence-electron chi connectivity index (χ4n) is 13.8. The second kappa shape index (κ2) is 33.6. The average molecular weight is 1540 g/mol. The van der Waals surface area contributed by atoms with E-state index in [0.717, 1.165) is 51.4 Å². The van der Waals surface area contributed by atoms with Crippen LogP contribution in [0.15, 0.2) is 126 Å². The maximum Gasteiger partial charge on any atom is 0.374 e. The van der Waals surface area contributed by atoms with Crippen LogP contribution in [0.2, 0.25) is 0 Å². The Hall–Kier alpha value is -12.4. The van der Waals surface area contributed by atoms with E-state index in [1.807, 2.05) is 46.3 Å². The van der Waals surface area contributed by atoms with Crippen molar-refractivity contribution in [2.24, 2.45) is 38.2 Å². The zero-order valence-electron chi connectivity index (χ0n) is 62.0. The molecule has 0 spiro atoms. The summed E-state index contributed by atoms with van der Waals surface area (Å²) in [6.45, 7) is 3.45. The van der Waals surface area contributed by atoms with Crippen molar-refractivity contribution < 1.29 is 76.7 Å². The van der Waals surface area contributed by atoms with Crippen LogP contribution in [0.3, 0.4) is 0 Å². The SMILES string of the molecule is CCOC(=O)c1nc(CC(=O)c2cc3cc(CC(=O)c4cc(NC(=O)CCCOc5cc6c(cc5CO)C(=O)N5CCC[C@H]5C=N6)cn4C)ccc3s2)cn1C.COC(=O)c1cc(NC(=O)c2cc3cc(NC(=O)c4cc(NC(=O)CCCOc5cc6c(cc5OC)C(=O)N5CCC[C@H]5C=N6)cn4C)ccc3s2)cn1C. The molecular weight excluding hydrogens is 1460 g/mol. The number of aliphatic hydroxyl groups is 1. The van der Waals surface area contributed by atoms with Gasteiger partial charge in [-0.05, 0) is 135 Å². The van der Waals surface area contributed by atoms with E-state index in [-0.39, 0.29) is 117 Å². The summed E-state index contributed by atoms with van der Waals surface area (Å²) in [7, 11) is 9.62. The molecular formula is C80H81N13O16S2. The van der Waals surface area contributed by atoms with E-state index in [4.69, 9.17) is 23.7 Å². The van der Waals surface area contributed by atoms with Crippen molar-refractivity contribution in [1.29, 1.82) is 0 Å². The van der Waals surface area contributed by atoms with Gasteiger partial charge in [-0.25, -0.2) is 14.6 Å². The van der Waals surface area contributed by atoms with Crippen LogP contribution in [0.5, 0.6) is 17.2 Å². The number of imidazole rings is 1. The lowest BCUT2D eigenvalue weighted by Gasteiger charge is -2.20. The number of ether oxygens (including phenoxy) is 5. The highest BCUT2D eigenvalue weighted by Crippen LogP contribution is 2.40. The van der Waals surface area contributed by atoms with Crippen molar-refractivity contribution in [3.8, 4) is 17.2 Å². The molecule has 111 heavy (non-hydrogen) atoms. The number of Topliss-reactive ketones (excluding diaryl/α,β-unsaturated/α-hetero) is 2. The van der Waals surface area contributed by atoms with Gasteiger partial charge in [0.25, 0.3) is 23.6 Å². The first-order chi connectivity index (χ1) is 53.5. The zero-order chi connectivity index (χ0) is 78.3. The number of benzene rings is 4. The number of hydrogen-bond acceptors (Lipinski definition) is 21. The third-order valence-electron chi connectivity index (χ3n) is 19.3. The number of carbonyl (C=O) groups excluding carboxylic acids is 10. The van der Waals surface area contributed by atoms with Crippen molar-refractivity contribution in [3.63, 3.8) is 0 Å². The maximum atomic E-state index is 13.4. The molecule has 6 aromatic heterocycles. The first-order valence-corrected chi connectivity index (χ1v) is 37.7. The van der Waals surface area contributed by atoms with Gasteiger partial charge in [0.1, 0.15) is 17.1 Å². The first-order valence-electron chi connectivity index (χ1n) is 36.1. The minimum atomic E-state index is -0.541. The van der Waals surface area contributed by atoms with E-state index in [0.29, 0.717) is 127 Å². The van der Waals surface area contributed by atoms with Gasteiger partial charge >= 0.3 is 11.9 Å². The highest BCUT2D eigenvalue weighted by molar-refractivity contribution is 7.21. The summed E-state index contributed by atoms with van der Waals surface area (Å²) in [5.74, 6) is -1.26. The number of aliphatic imine (C=N–C) groups is 2. The Morgan fingerprint density at radius 2 is 1.11 bits per heavy atom. The molecule has 574 valence electrons. The average Bonchev–Trinajstić information content (AvgIpc) is 1.72. The number of ketones is 2. The summed E-state index contributed by atoms with van der Waals surface area (Å²) in [4.78, 5) is 147. The second-order valence-electron chi connectivity index (χ2n) is 27.1. The maximum absolute atomic E-state index is 13.4. The van der Waals surface area contributed by atoms with E-state index in [2.05, 4.69) is 36.2 Å². The molecule has 10 aromatic rings. The number of rotatable bonds is 27. The van der Waals surface area contributed by atoms with Crippen LogP contribution in [0.4, 0.5) is 34.1 Å². The quantitative estimate of drug-likeness (QED) is 0.0181. The number of hydrogen-bond donors (Lipinski definition) is 5. The summed E-state index contributed by atoms with van der Waals surface area (Å²) >= 11 is 2.66. The Bertz CT molecular complexity index is 5420. The predicted octanol–water partition coefficient (Wildman–Crippen LogP) is 11.6. The molecule has 6 amide bonds. The molecule has 0 saturated carbocycles. The number of aryl methyl sites for hydroxylation is 4. The number of aromatic nitrogens is 5. The molecule has 0 bridgehead atoms. The van der Waals surface area contributed by atoms with Gasteiger partial charge in [-0.3, -0.25) is 48.3 Å². The summed E-state index contributed by atoms with van der Waals surface area (Å²) in [5.41, 5.74) is 6.71. The third kappa shape index (κ3) is 17.4. The molecule has 29 nitrogen and oxygen atoms in total. The van der Waals surface area contributed by atoms with Crippen LogP contribution in [0.25, 0.3) is 20.2 Å². The number of carbonyl (C=O) groups is 10. The third-order valence-corrected chi connectivity index (χ3v) is 21.6. The van der Waals surface area contributed by atoms with Crippen molar-refractivity contribution in [3.05, 3.63) is 176 Å². The summed E-state index contributed by atoms with van der Waals surface area (Å²) in [6.07, 6.45) is 15.2. The van der Waals surface area contributed by atoms with Gasteiger partial charge in [-0.1, -0.05) is 6.07 Å². The van der Waals surface area contributed by atoms with Crippen LogP contribution in [0.1, 0.15) is 157 Å². The predicted molar refractivity (Wildman–Crippen MR) is 419 cm³/mol. The number of anilines is 4. The van der Waals surface area contributed by atoms with Crippen molar-refractivity contribution in [2.45, 2.75) is 89.8 Å². The molecule has 4 aliphatic rings. The molecule has 2 saturated heterocycles. The minimum Gasteiger partial charge on any atom is -0.493 e. The number of thiophene rings is 2. The van der Waals surface area contributed by atoms with E-state index in [1.54, 1.807) is 145 Å². The van der Waals surface area contributed by atoms with Crippen molar-refractivity contribution >= 4 is 148 Å². The molecule has 4 aliphatic heterocycles. The zero-order valence-corrected chi connectivity index (χ0v) is 63.6. The Kier molecular flexibility index (Phi) is 23.3. The lowest BCUT2D eigenvalue weighted by Crippen LogP contribution is -2.35. The Morgan fingerprint density at radius 1 is 0.550 bits per heavy atom. The fourth-order valence-corrected chi connectivity index (χ4v) is 15.7. The highest BCUT2D eigenvalue weighted by Gasteiger charge is 2.35. The monoisotopic (exact) mass is 1540 g/mol. The molecule has 31 heteroatoms. The Balaban J connectivity index is 0.000000195. The molecule has 10 heterocycles. The molecule has 14 rings (SSSR count). The summed E-state index contributed by atoms with van der Waals surface area (Å²) in [5, 5.41) is 23.0. The minimum absolute atomic E-state index is 0.00368. The van der Waals surface area contributed by atoms with Gasteiger partial charge in [0.2, 0.25) is 17.6 Å². The van der Waals surface area contributed by atoms with Crippen molar-refractivity contribution in [2.75, 3.05) is 68.4 Å². The number of aliphatic hydroxyl groups excluding tert-OH is 1. The number of nitrogens with zero attached hydrogens (tertiary/aromatic N) is 9. The molecule has 4 aromatic carbocycles. The number of methoxy groups -OCH3 is 2. The molecule has 5 N–H and O–H groups in total. The van der Waals surface area contributed by atoms with Crippen LogP contribution in [-0.4, -0.2) is 169 Å². The van der Waals surface area contributed by atoms with Crippen molar-refractivity contribution in [1.82, 2.24) is 33.1 Å².